The number of rotatable bonds is 4. The molecule has 36 heavy (non-hydrogen) atoms. The number of aromatic nitrogens is 1. The Labute approximate surface area is 212 Å². The molecule has 0 aliphatic carbocycles. The minimum atomic E-state index is -0.587. The molecule has 1 aliphatic heterocycles. The van der Waals surface area contributed by atoms with E-state index in [0.29, 0.717) is 5.56 Å². The number of methoxy groups -OCH3 is 1. The summed E-state index contributed by atoms with van der Waals surface area (Å²) in [6.07, 6.45) is 2.16. The maximum absolute atomic E-state index is 12.9. The van der Waals surface area contributed by atoms with Gasteiger partial charge in [-0.1, -0.05) is 18.2 Å². The molecule has 1 aliphatic rings. The molecule has 2 atom stereocenters. The van der Waals surface area contributed by atoms with Crippen molar-refractivity contribution < 1.29 is 23.8 Å². The Balaban J connectivity index is 1.69. The average Bonchev–Trinajstić information content (AvgIpc) is 3.27. The topological polar surface area (TPSA) is 70.0 Å². The number of likely N-dealkylation sites (N-methyl/N-ethyl adjacent to an activating group) is 1. The van der Waals surface area contributed by atoms with E-state index in [-0.39, 0.29) is 18.0 Å². The number of carbonyl (C=O) groups excluding carboxylic acids is 2. The van der Waals surface area contributed by atoms with E-state index in [1.54, 1.807) is 10.8 Å². The fraction of sp³-hybridized carbons (Fsp3) is 0.448. The molecule has 7 nitrogen and oxygen atoms in total. The van der Waals surface area contributed by atoms with Crippen molar-refractivity contribution in [1.29, 1.82) is 0 Å². The van der Waals surface area contributed by atoms with Gasteiger partial charge in [-0.3, -0.25) is 4.57 Å². The monoisotopic (exact) mass is 492 g/mol. The number of hydrogen-bond donors (Lipinski definition) is 0. The van der Waals surface area contributed by atoms with Gasteiger partial charge in [-0.15, -0.1) is 0 Å². The lowest BCUT2D eigenvalue weighted by molar-refractivity contribution is 0.0542. The summed E-state index contributed by atoms with van der Waals surface area (Å²) < 4.78 is 18.8. The lowest BCUT2D eigenvalue weighted by atomic mass is 9.87. The number of aryl methyl sites for hydroxylation is 2. The van der Waals surface area contributed by atoms with Crippen molar-refractivity contribution >= 4 is 23.0 Å². The minimum Gasteiger partial charge on any atom is -0.489 e. The predicted octanol–water partition coefficient (Wildman–Crippen LogP) is 5.69. The molecule has 3 aromatic rings. The molecule has 0 amide bonds. The van der Waals surface area contributed by atoms with Crippen LogP contribution >= 0.6 is 0 Å². The molecule has 0 saturated carbocycles. The van der Waals surface area contributed by atoms with Crippen molar-refractivity contribution in [1.82, 2.24) is 9.47 Å². The van der Waals surface area contributed by atoms with Crippen LogP contribution in [-0.4, -0.2) is 60.5 Å². The Morgan fingerprint density at radius 2 is 1.72 bits per heavy atom. The van der Waals surface area contributed by atoms with Crippen molar-refractivity contribution in [3.8, 4) is 5.75 Å². The van der Waals surface area contributed by atoms with Gasteiger partial charge in [0.1, 0.15) is 17.5 Å². The zero-order valence-corrected chi connectivity index (χ0v) is 22.3. The summed E-state index contributed by atoms with van der Waals surface area (Å²) in [5, 5.41) is 0.900. The molecule has 0 N–H and O–H groups in total. The smallest absolute Gasteiger partial charge is 0.419 e. The minimum absolute atomic E-state index is 0.0559. The number of carbonyl (C=O) groups is 2. The number of nitrogens with zero attached hydrogens (tertiary/aromatic N) is 2. The summed E-state index contributed by atoms with van der Waals surface area (Å²) in [5.74, 6) is 0.574. The first kappa shape index (κ1) is 25.8. The molecule has 2 heterocycles. The highest BCUT2D eigenvalue weighted by Gasteiger charge is 2.32. The van der Waals surface area contributed by atoms with Crippen LogP contribution in [0.25, 0.3) is 10.9 Å². The van der Waals surface area contributed by atoms with Crippen LogP contribution in [0.15, 0.2) is 42.6 Å². The van der Waals surface area contributed by atoms with Crippen LogP contribution in [0.5, 0.6) is 5.75 Å². The first-order chi connectivity index (χ1) is 17.0. The number of ether oxygens (including phenoxy) is 3. The first-order valence-electron chi connectivity index (χ1n) is 12.4. The second kappa shape index (κ2) is 9.97. The number of piperidine rings is 1. The quantitative estimate of drug-likeness (QED) is 0.436. The van der Waals surface area contributed by atoms with Gasteiger partial charge in [-0.2, -0.15) is 0 Å². The molecule has 0 bridgehead atoms. The first-order valence-corrected chi connectivity index (χ1v) is 12.4. The van der Waals surface area contributed by atoms with E-state index in [0.717, 1.165) is 52.9 Å². The van der Waals surface area contributed by atoms with Gasteiger partial charge in [0.2, 0.25) is 0 Å². The molecule has 2 aromatic carbocycles. The fourth-order valence-electron chi connectivity index (χ4n) is 5.00. The van der Waals surface area contributed by atoms with E-state index in [2.05, 4.69) is 18.0 Å². The molecule has 0 spiro atoms. The zero-order chi connectivity index (χ0) is 26.2. The van der Waals surface area contributed by atoms with E-state index in [1.807, 2.05) is 65.0 Å². The second-order valence-corrected chi connectivity index (χ2v) is 10.7. The van der Waals surface area contributed by atoms with Gasteiger partial charge in [-0.05, 0) is 83.0 Å². The van der Waals surface area contributed by atoms with E-state index < -0.39 is 11.7 Å². The third-order valence-electron chi connectivity index (χ3n) is 6.67. The highest BCUT2D eigenvalue weighted by Crippen LogP contribution is 2.38. The Kier molecular flexibility index (Phi) is 7.14. The Hall–Kier alpha value is -3.32. The summed E-state index contributed by atoms with van der Waals surface area (Å²) in [6.45, 7) is 11.4. The third kappa shape index (κ3) is 5.26. The molecular weight excluding hydrogens is 456 g/mol. The van der Waals surface area contributed by atoms with E-state index in [9.17, 15) is 9.59 Å². The van der Waals surface area contributed by atoms with Gasteiger partial charge < -0.3 is 19.1 Å². The maximum atomic E-state index is 12.9. The Morgan fingerprint density at radius 3 is 2.36 bits per heavy atom. The van der Waals surface area contributed by atoms with Crippen LogP contribution < -0.4 is 4.74 Å². The van der Waals surface area contributed by atoms with E-state index in [1.165, 1.54) is 7.11 Å². The summed E-state index contributed by atoms with van der Waals surface area (Å²) >= 11 is 0. The van der Waals surface area contributed by atoms with Crippen LogP contribution in [0, 0.1) is 13.8 Å². The van der Waals surface area contributed by atoms with Gasteiger partial charge in [-0.25, -0.2) is 9.59 Å². The molecule has 1 saturated heterocycles. The summed E-state index contributed by atoms with van der Waals surface area (Å²) in [6, 6.07) is 11.6. The largest absolute Gasteiger partial charge is 0.489 e. The van der Waals surface area contributed by atoms with Gasteiger partial charge in [0.25, 0.3) is 0 Å². The average molecular weight is 493 g/mol. The SMILES string of the molecule is COC(=O)c1ccc(C2CN(C)CCC2Oc2c(C)cc(C)c3c2ccn3C(=O)OC(C)(C)C)cc1. The van der Waals surface area contributed by atoms with Crippen molar-refractivity contribution in [2.24, 2.45) is 0 Å². The van der Waals surface area contributed by atoms with E-state index in [4.69, 9.17) is 14.2 Å². The van der Waals surface area contributed by atoms with Gasteiger partial charge >= 0.3 is 12.1 Å². The molecule has 192 valence electrons. The summed E-state index contributed by atoms with van der Waals surface area (Å²) in [7, 11) is 3.50. The summed E-state index contributed by atoms with van der Waals surface area (Å²) in [4.78, 5) is 27.1. The molecule has 1 fully saturated rings. The fourth-order valence-corrected chi connectivity index (χ4v) is 5.00. The lowest BCUT2D eigenvalue weighted by Gasteiger charge is -2.37. The standard InChI is InChI=1S/C29H36N2O5/c1-18-16-19(2)26(22-12-15-31(25(18)22)28(33)36-29(3,4)5)35-24-13-14-30(6)17-23(24)20-8-10-21(11-9-20)27(32)34-7/h8-12,15-16,23-24H,13-14,17H2,1-7H3. The molecule has 4 rings (SSSR count). The van der Waals surface area contributed by atoms with Crippen LogP contribution in [-0.2, 0) is 9.47 Å². The molecule has 0 radical (unpaired) electrons. The second-order valence-electron chi connectivity index (χ2n) is 10.7. The van der Waals surface area contributed by atoms with Crippen molar-refractivity contribution in [2.45, 2.75) is 58.7 Å². The number of hydrogen-bond acceptors (Lipinski definition) is 6. The number of benzene rings is 2. The van der Waals surface area contributed by atoms with Crippen molar-refractivity contribution in [2.75, 3.05) is 27.2 Å². The Bertz CT molecular complexity index is 1270. The number of likely N-dealkylation sites (tertiary alicyclic amines) is 1. The highest BCUT2D eigenvalue weighted by atomic mass is 16.6. The van der Waals surface area contributed by atoms with Crippen LogP contribution in [0.4, 0.5) is 4.79 Å². The number of fused-ring (bicyclic) bond motifs is 1. The van der Waals surface area contributed by atoms with Crippen molar-refractivity contribution in [3.63, 3.8) is 0 Å². The normalized spacial score (nSPS) is 18.8. The molecule has 7 heteroatoms. The van der Waals surface area contributed by atoms with Gasteiger partial charge in [0.05, 0.1) is 18.2 Å². The Morgan fingerprint density at radius 1 is 1.03 bits per heavy atom. The van der Waals surface area contributed by atoms with Gasteiger partial charge in [0.15, 0.2) is 0 Å². The van der Waals surface area contributed by atoms with Crippen LogP contribution in [0.3, 0.4) is 0 Å². The molecular formula is C29H36N2O5. The predicted molar refractivity (Wildman–Crippen MR) is 140 cm³/mol. The number of esters is 1. The lowest BCUT2D eigenvalue weighted by Crippen LogP contribution is -2.42. The summed E-state index contributed by atoms with van der Waals surface area (Å²) in [5.41, 5.74) is 3.88. The third-order valence-corrected chi connectivity index (χ3v) is 6.67. The molecule has 1 aromatic heterocycles. The molecule has 2 unspecified atom stereocenters. The maximum Gasteiger partial charge on any atom is 0.419 e. The van der Waals surface area contributed by atoms with Crippen LogP contribution in [0.2, 0.25) is 0 Å². The zero-order valence-electron chi connectivity index (χ0n) is 22.3. The van der Waals surface area contributed by atoms with E-state index >= 15 is 0 Å². The van der Waals surface area contributed by atoms with Crippen molar-refractivity contribution in [3.05, 3.63) is 64.8 Å². The van der Waals surface area contributed by atoms with Crippen LogP contribution in [0.1, 0.15) is 60.2 Å². The highest BCUT2D eigenvalue weighted by molar-refractivity contribution is 5.96. The van der Waals surface area contributed by atoms with Gasteiger partial charge in [0, 0.05) is 30.6 Å².